The monoisotopic (exact) mass is 399 g/mol. The Hall–Kier alpha value is -0.750. The van der Waals surface area contributed by atoms with Crippen LogP contribution < -0.4 is 0 Å². The number of aromatic nitrogens is 1. The van der Waals surface area contributed by atoms with Gasteiger partial charge in [0.2, 0.25) is 0 Å². The van der Waals surface area contributed by atoms with E-state index in [4.69, 9.17) is 0 Å². The highest BCUT2D eigenvalue weighted by Crippen LogP contribution is 2.33. The number of hydrogen-bond donors (Lipinski definition) is 2. The van der Waals surface area contributed by atoms with Gasteiger partial charge in [-0.1, -0.05) is 34.1 Å². The maximum Gasteiger partial charge on any atom is 0.0553 e. The minimum absolute atomic E-state index is 0.140. The van der Waals surface area contributed by atoms with Crippen LogP contribution in [0.15, 0.2) is 51.7 Å². The number of hydrogen-bond acceptors (Lipinski definition) is 3. The lowest BCUT2D eigenvalue weighted by atomic mass is 9.77. The second-order valence-corrected chi connectivity index (χ2v) is 6.53. The van der Waals surface area contributed by atoms with E-state index in [0.717, 1.165) is 20.1 Å². The topological polar surface area (TPSA) is 53.4 Å². The molecular formula is C15H15Br2NO2. The lowest BCUT2D eigenvalue weighted by Gasteiger charge is -2.31. The molecule has 20 heavy (non-hydrogen) atoms. The Morgan fingerprint density at radius 1 is 1.05 bits per heavy atom. The molecule has 1 aromatic carbocycles. The molecule has 2 aromatic rings. The quantitative estimate of drug-likeness (QED) is 0.810. The van der Waals surface area contributed by atoms with E-state index in [2.05, 4.69) is 36.8 Å². The van der Waals surface area contributed by atoms with Gasteiger partial charge < -0.3 is 10.2 Å². The highest BCUT2D eigenvalue weighted by molar-refractivity contribution is 9.10. The highest BCUT2D eigenvalue weighted by atomic mass is 79.9. The third-order valence-corrected chi connectivity index (χ3v) is 4.48. The molecule has 2 N–H and O–H groups in total. The number of nitrogens with zero attached hydrogens (tertiary/aromatic N) is 1. The standard InChI is InChI=1S/C15H15Br2NO2/c16-12-5-11(7-18-8-12)6-15(9-19,10-20)13-3-1-2-4-14(13)17/h1-5,7-8,19-20H,6,9-10H2. The molecular weight excluding hydrogens is 386 g/mol. The summed E-state index contributed by atoms with van der Waals surface area (Å²) in [4.78, 5) is 4.13. The van der Waals surface area contributed by atoms with E-state index in [1.54, 1.807) is 12.4 Å². The zero-order valence-corrected chi connectivity index (χ0v) is 13.9. The molecule has 0 bridgehead atoms. The van der Waals surface area contributed by atoms with Crippen molar-refractivity contribution in [3.8, 4) is 0 Å². The van der Waals surface area contributed by atoms with Crippen molar-refractivity contribution in [3.05, 3.63) is 62.8 Å². The Kier molecular flexibility index (Phi) is 5.32. The summed E-state index contributed by atoms with van der Waals surface area (Å²) in [6.07, 6.45) is 3.97. The van der Waals surface area contributed by atoms with Crippen LogP contribution in [0.1, 0.15) is 11.1 Å². The minimum Gasteiger partial charge on any atom is -0.395 e. The zero-order valence-electron chi connectivity index (χ0n) is 10.8. The second-order valence-electron chi connectivity index (χ2n) is 4.76. The first-order valence-corrected chi connectivity index (χ1v) is 7.76. The van der Waals surface area contributed by atoms with Crippen LogP contribution in [0.3, 0.4) is 0 Å². The fourth-order valence-electron chi connectivity index (χ4n) is 2.26. The van der Waals surface area contributed by atoms with Crippen molar-refractivity contribution in [3.63, 3.8) is 0 Å². The minimum atomic E-state index is -0.734. The van der Waals surface area contributed by atoms with Gasteiger partial charge >= 0.3 is 0 Å². The van der Waals surface area contributed by atoms with E-state index in [1.165, 1.54) is 0 Å². The smallest absolute Gasteiger partial charge is 0.0553 e. The number of aliphatic hydroxyl groups excluding tert-OH is 2. The van der Waals surface area contributed by atoms with Crippen LogP contribution in [0.5, 0.6) is 0 Å². The summed E-state index contributed by atoms with van der Waals surface area (Å²) in [6, 6.07) is 9.59. The van der Waals surface area contributed by atoms with Gasteiger partial charge in [0.15, 0.2) is 0 Å². The molecule has 0 aliphatic carbocycles. The molecule has 0 spiro atoms. The molecule has 0 saturated heterocycles. The molecule has 0 aliphatic heterocycles. The zero-order chi connectivity index (χ0) is 14.6. The molecule has 2 rings (SSSR count). The lowest BCUT2D eigenvalue weighted by molar-refractivity contribution is 0.115. The van der Waals surface area contributed by atoms with Gasteiger partial charge in [0.25, 0.3) is 0 Å². The molecule has 1 aromatic heterocycles. The van der Waals surface area contributed by atoms with Crippen LogP contribution in [0, 0.1) is 0 Å². The molecule has 106 valence electrons. The van der Waals surface area contributed by atoms with Gasteiger partial charge in [-0.05, 0) is 45.6 Å². The highest BCUT2D eigenvalue weighted by Gasteiger charge is 2.33. The van der Waals surface area contributed by atoms with Gasteiger partial charge in [-0.25, -0.2) is 0 Å². The molecule has 5 heteroatoms. The summed E-state index contributed by atoms with van der Waals surface area (Å²) in [5.41, 5.74) is 1.12. The summed E-state index contributed by atoms with van der Waals surface area (Å²) >= 11 is 6.88. The SMILES string of the molecule is OCC(CO)(Cc1cncc(Br)c1)c1ccccc1Br. The van der Waals surface area contributed by atoms with Crippen molar-refractivity contribution >= 4 is 31.9 Å². The third-order valence-electron chi connectivity index (χ3n) is 3.35. The van der Waals surface area contributed by atoms with Gasteiger partial charge in [-0.2, -0.15) is 0 Å². The summed E-state index contributed by atoms with van der Waals surface area (Å²) in [5.74, 6) is 0. The average Bonchev–Trinajstić information content (AvgIpc) is 2.46. The van der Waals surface area contributed by atoms with Crippen molar-refractivity contribution in [2.75, 3.05) is 13.2 Å². The van der Waals surface area contributed by atoms with Crippen LogP contribution in [0.2, 0.25) is 0 Å². The second kappa shape index (κ2) is 6.80. The van der Waals surface area contributed by atoms with E-state index < -0.39 is 5.41 Å². The number of pyridine rings is 1. The Balaban J connectivity index is 2.42. The Bertz CT molecular complexity index is 586. The summed E-state index contributed by atoms with van der Waals surface area (Å²) in [6.45, 7) is -0.281. The summed E-state index contributed by atoms with van der Waals surface area (Å²) < 4.78 is 1.76. The maximum absolute atomic E-state index is 9.87. The number of halogens is 2. The van der Waals surface area contributed by atoms with Crippen molar-refractivity contribution in [2.24, 2.45) is 0 Å². The van der Waals surface area contributed by atoms with Gasteiger partial charge in [-0.15, -0.1) is 0 Å². The Labute approximate surface area is 134 Å². The molecule has 0 saturated carbocycles. The summed E-state index contributed by atoms with van der Waals surface area (Å²) in [5, 5.41) is 19.7. The fraction of sp³-hybridized carbons (Fsp3) is 0.267. The predicted molar refractivity (Wildman–Crippen MR) is 85.6 cm³/mol. The van der Waals surface area contributed by atoms with Gasteiger partial charge in [0.05, 0.1) is 13.2 Å². The van der Waals surface area contributed by atoms with Crippen LogP contribution in [0.25, 0.3) is 0 Å². The maximum atomic E-state index is 9.87. The van der Waals surface area contributed by atoms with Gasteiger partial charge in [0.1, 0.15) is 0 Å². The first-order chi connectivity index (χ1) is 9.61. The molecule has 0 fully saturated rings. The normalized spacial score (nSPS) is 11.6. The molecule has 0 radical (unpaired) electrons. The number of benzene rings is 1. The van der Waals surface area contributed by atoms with Crippen LogP contribution >= 0.6 is 31.9 Å². The van der Waals surface area contributed by atoms with E-state index in [9.17, 15) is 10.2 Å². The Morgan fingerprint density at radius 3 is 2.35 bits per heavy atom. The Morgan fingerprint density at radius 2 is 1.75 bits per heavy atom. The summed E-state index contributed by atoms with van der Waals surface area (Å²) in [7, 11) is 0. The van der Waals surface area contributed by atoms with Crippen molar-refractivity contribution in [1.82, 2.24) is 4.98 Å². The molecule has 0 aliphatic rings. The first-order valence-electron chi connectivity index (χ1n) is 6.17. The first kappa shape index (κ1) is 15.6. The van der Waals surface area contributed by atoms with E-state index in [-0.39, 0.29) is 13.2 Å². The number of rotatable bonds is 5. The van der Waals surface area contributed by atoms with Crippen molar-refractivity contribution < 1.29 is 10.2 Å². The molecule has 1 heterocycles. The largest absolute Gasteiger partial charge is 0.395 e. The van der Waals surface area contributed by atoms with E-state index in [0.29, 0.717) is 6.42 Å². The average molecular weight is 401 g/mol. The van der Waals surface area contributed by atoms with Crippen LogP contribution in [-0.2, 0) is 11.8 Å². The van der Waals surface area contributed by atoms with Gasteiger partial charge in [0, 0.05) is 26.8 Å². The number of aliphatic hydroxyl groups is 2. The van der Waals surface area contributed by atoms with Crippen LogP contribution in [-0.4, -0.2) is 28.4 Å². The molecule has 0 atom stereocenters. The molecule has 0 unspecified atom stereocenters. The fourth-order valence-corrected chi connectivity index (χ4v) is 3.38. The molecule has 3 nitrogen and oxygen atoms in total. The molecule has 0 amide bonds. The lowest BCUT2D eigenvalue weighted by Crippen LogP contribution is -2.37. The van der Waals surface area contributed by atoms with E-state index >= 15 is 0 Å². The van der Waals surface area contributed by atoms with Crippen molar-refractivity contribution in [1.29, 1.82) is 0 Å². The predicted octanol–water partition coefficient (Wildman–Crippen LogP) is 3.07. The van der Waals surface area contributed by atoms with Crippen molar-refractivity contribution in [2.45, 2.75) is 11.8 Å². The van der Waals surface area contributed by atoms with E-state index in [1.807, 2.05) is 30.3 Å². The van der Waals surface area contributed by atoms with Gasteiger partial charge in [-0.3, -0.25) is 4.98 Å². The van der Waals surface area contributed by atoms with Crippen LogP contribution in [0.4, 0.5) is 0 Å². The third kappa shape index (κ3) is 3.28.